The van der Waals surface area contributed by atoms with Crippen LogP contribution in [0, 0.1) is 65.2 Å². The molecule has 8 aromatic rings. The van der Waals surface area contributed by atoms with Gasteiger partial charge in [0, 0.05) is 47.3 Å². The summed E-state index contributed by atoms with van der Waals surface area (Å²) in [7, 11) is 2.17. The molecule has 4 aliphatic carbocycles. The summed E-state index contributed by atoms with van der Waals surface area (Å²) >= 11 is 0. The first-order valence-corrected chi connectivity index (χ1v) is 23.6. The van der Waals surface area contributed by atoms with E-state index in [2.05, 4.69) is 190 Å². The van der Waals surface area contributed by atoms with Crippen molar-refractivity contribution in [3.63, 3.8) is 0 Å². The van der Waals surface area contributed by atoms with Gasteiger partial charge in [-0.1, -0.05) is 60.2 Å². The molecular weight excluding hydrogens is 781 g/mol. The van der Waals surface area contributed by atoms with Gasteiger partial charge in [0.1, 0.15) is 17.3 Å². The maximum atomic E-state index is 7.07. The van der Waals surface area contributed by atoms with Gasteiger partial charge in [-0.05, 0) is 202 Å². The van der Waals surface area contributed by atoms with E-state index in [1.54, 1.807) is 0 Å². The summed E-state index contributed by atoms with van der Waals surface area (Å²) in [5, 5.41) is 2.41. The molecule has 5 aliphatic rings. The Bertz CT molecular complexity index is 3120. The normalized spacial score (nSPS) is 22.2. The van der Waals surface area contributed by atoms with Crippen LogP contribution in [0.4, 0.5) is 17.1 Å². The van der Waals surface area contributed by atoms with Crippen LogP contribution >= 0.6 is 0 Å². The number of para-hydroxylation sites is 3. The molecule has 0 radical (unpaired) electrons. The number of aromatic nitrogens is 2. The van der Waals surface area contributed by atoms with Gasteiger partial charge in [0.2, 0.25) is 0 Å². The molecule has 64 heavy (non-hydrogen) atoms. The average molecular weight is 839 g/mol. The Morgan fingerprint density at radius 3 is 1.98 bits per heavy atom. The molecule has 13 rings (SSSR count). The molecule has 0 saturated heterocycles. The lowest BCUT2D eigenvalue weighted by Crippen LogP contribution is -2.56. The Kier molecular flexibility index (Phi) is 8.96. The SMILES string of the molecule is Cc1cc(C)c(-c2cc(Oc3ccc4c5ccccc5n(-c5cc(C6(c7cc(C)c(C)c(C)c7)C7CC8CC(C7)CC6C8)ccn5)c4c3)cc(N3CN(C)c4ccccc43)c2)c(C)c1. The van der Waals surface area contributed by atoms with Gasteiger partial charge < -0.3 is 14.5 Å². The third kappa shape index (κ3) is 5.99. The third-order valence-corrected chi connectivity index (χ3v) is 16.3. The molecule has 5 heteroatoms. The average Bonchev–Trinajstić information content (AvgIpc) is 3.79. The first-order chi connectivity index (χ1) is 31.0. The minimum absolute atomic E-state index is 0.0249. The van der Waals surface area contributed by atoms with E-state index in [4.69, 9.17) is 9.72 Å². The van der Waals surface area contributed by atoms with Crippen LogP contribution in [-0.2, 0) is 5.41 Å². The van der Waals surface area contributed by atoms with Crippen molar-refractivity contribution in [1.82, 2.24) is 9.55 Å². The molecule has 4 bridgehead atoms. The molecule has 0 unspecified atom stereocenters. The second-order valence-corrected chi connectivity index (χ2v) is 20.2. The fourth-order valence-electron chi connectivity index (χ4n) is 13.7. The molecule has 5 nitrogen and oxygen atoms in total. The first kappa shape index (κ1) is 39.3. The van der Waals surface area contributed by atoms with Gasteiger partial charge in [-0.3, -0.25) is 4.57 Å². The second kappa shape index (κ2) is 14.6. The predicted octanol–water partition coefficient (Wildman–Crippen LogP) is 14.8. The zero-order chi connectivity index (χ0) is 43.6. The summed E-state index contributed by atoms with van der Waals surface area (Å²) in [6.07, 6.45) is 8.86. The number of anilines is 3. The minimum Gasteiger partial charge on any atom is -0.457 e. The maximum absolute atomic E-state index is 7.07. The topological polar surface area (TPSA) is 33.5 Å². The molecule has 320 valence electrons. The van der Waals surface area contributed by atoms with Crippen LogP contribution in [0.2, 0.25) is 0 Å². The Morgan fingerprint density at radius 1 is 0.578 bits per heavy atom. The van der Waals surface area contributed by atoms with E-state index < -0.39 is 0 Å². The van der Waals surface area contributed by atoms with E-state index in [0.717, 1.165) is 58.1 Å². The largest absolute Gasteiger partial charge is 0.457 e. The van der Waals surface area contributed by atoms with Crippen LogP contribution in [0.3, 0.4) is 0 Å². The molecule has 4 saturated carbocycles. The molecule has 3 heterocycles. The Hall–Kier alpha value is -6.33. The van der Waals surface area contributed by atoms with Crippen LogP contribution in [-0.4, -0.2) is 23.3 Å². The van der Waals surface area contributed by atoms with Gasteiger partial charge in [0.05, 0.1) is 29.1 Å². The van der Waals surface area contributed by atoms with Gasteiger partial charge in [-0.25, -0.2) is 4.98 Å². The second-order valence-electron chi connectivity index (χ2n) is 20.2. The van der Waals surface area contributed by atoms with Crippen molar-refractivity contribution in [2.45, 2.75) is 79.1 Å². The van der Waals surface area contributed by atoms with Crippen LogP contribution in [0.1, 0.15) is 76.6 Å². The van der Waals surface area contributed by atoms with E-state index in [0.29, 0.717) is 11.8 Å². The van der Waals surface area contributed by atoms with Crippen molar-refractivity contribution in [3.05, 3.63) is 172 Å². The quantitative estimate of drug-likeness (QED) is 0.160. The van der Waals surface area contributed by atoms with E-state index in [1.165, 1.54) is 104 Å². The molecular formula is C59H58N4O. The highest BCUT2D eigenvalue weighted by molar-refractivity contribution is 6.09. The lowest BCUT2D eigenvalue weighted by Gasteiger charge is -2.62. The summed E-state index contributed by atoms with van der Waals surface area (Å²) in [4.78, 5) is 9.96. The van der Waals surface area contributed by atoms with Gasteiger partial charge in [0.25, 0.3) is 0 Å². The summed E-state index contributed by atoms with van der Waals surface area (Å²) in [6, 6.07) is 45.4. The predicted molar refractivity (Wildman–Crippen MR) is 265 cm³/mol. The van der Waals surface area contributed by atoms with Gasteiger partial charge >= 0.3 is 0 Å². The summed E-state index contributed by atoms with van der Waals surface area (Å²) in [6.45, 7) is 14.3. The number of benzene rings is 6. The van der Waals surface area contributed by atoms with Crippen molar-refractivity contribution < 1.29 is 4.74 Å². The fourth-order valence-corrected chi connectivity index (χ4v) is 13.7. The molecule has 2 aromatic heterocycles. The first-order valence-electron chi connectivity index (χ1n) is 23.6. The van der Waals surface area contributed by atoms with Crippen molar-refractivity contribution in [2.24, 2.45) is 23.7 Å². The van der Waals surface area contributed by atoms with Crippen LogP contribution in [0.15, 0.2) is 128 Å². The maximum Gasteiger partial charge on any atom is 0.137 e. The molecule has 6 aromatic carbocycles. The summed E-state index contributed by atoms with van der Waals surface area (Å²) in [5.74, 6) is 5.61. The number of nitrogens with zero attached hydrogens (tertiary/aromatic N) is 4. The van der Waals surface area contributed by atoms with E-state index >= 15 is 0 Å². The zero-order valence-corrected chi connectivity index (χ0v) is 38.4. The summed E-state index contributed by atoms with van der Waals surface area (Å²) < 4.78 is 9.47. The molecule has 0 spiro atoms. The lowest BCUT2D eigenvalue weighted by molar-refractivity contribution is -0.0419. The van der Waals surface area contributed by atoms with Gasteiger partial charge in [0.15, 0.2) is 0 Å². The number of hydrogen-bond acceptors (Lipinski definition) is 4. The highest BCUT2D eigenvalue weighted by Gasteiger charge is 2.58. The van der Waals surface area contributed by atoms with Crippen LogP contribution < -0.4 is 14.5 Å². The van der Waals surface area contributed by atoms with Crippen molar-refractivity contribution >= 4 is 38.9 Å². The third-order valence-electron chi connectivity index (χ3n) is 16.3. The molecule has 4 fully saturated rings. The molecule has 1 aliphatic heterocycles. The molecule has 0 atom stereocenters. The monoisotopic (exact) mass is 838 g/mol. The molecule has 0 N–H and O–H groups in total. The Labute approximate surface area is 378 Å². The zero-order valence-electron chi connectivity index (χ0n) is 38.4. The van der Waals surface area contributed by atoms with Crippen LogP contribution in [0.25, 0.3) is 38.8 Å². The van der Waals surface area contributed by atoms with Crippen LogP contribution in [0.5, 0.6) is 11.5 Å². The van der Waals surface area contributed by atoms with Gasteiger partial charge in [-0.2, -0.15) is 0 Å². The number of hydrogen-bond donors (Lipinski definition) is 0. The van der Waals surface area contributed by atoms with E-state index in [-0.39, 0.29) is 5.41 Å². The Balaban J connectivity index is 1.00. The molecule has 0 amide bonds. The fraction of sp³-hybridized carbons (Fsp3) is 0.305. The van der Waals surface area contributed by atoms with E-state index in [9.17, 15) is 0 Å². The highest BCUT2D eigenvalue weighted by atomic mass is 16.5. The number of pyridine rings is 1. The standard InChI is InChI=1S/C59H58N4O/c1-35-20-38(4)58(39(5)21-35)43-29-48(62-34-61(7)54-14-10-11-15-55(54)62)32-50(30-43)64-49-16-17-52-51-12-8-9-13-53(51)63(56(52)33-49)57-31-44(18-19-60-57)59(45-22-36(2)40(6)37(3)23-45)46-25-41-24-42(27-46)28-47(59)26-41/h8-23,29-33,41-42,46-47H,24-28,34H2,1-7H3. The van der Waals surface area contributed by atoms with Crippen molar-refractivity contribution in [3.8, 4) is 28.4 Å². The smallest absolute Gasteiger partial charge is 0.137 e. The minimum atomic E-state index is -0.0249. The van der Waals surface area contributed by atoms with Crippen molar-refractivity contribution in [2.75, 3.05) is 23.5 Å². The Morgan fingerprint density at radius 2 is 1.25 bits per heavy atom. The number of aryl methyl sites for hydroxylation is 5. The lowest BCUT2D eigenvalue weighted by atomic mass is 9.42. The van der Waals surface area contributed by atoms with Crippen molar-refractivity contribution in [1.29, 1.82) is 0 Å². The highest BCUT2D eigenvalue weighted by Crippen LogP contribution is 2.65. The van der Waals surface area contributed by atoms with E-state index in [1.807, 2.05) is 0 Å². The van der Waals surface area contributed by atoms with Gasteiger partial charge in [-0.15, -0.1) is 0 Å². The number of rotatable bonds is 7. The number of ether oxygens (including phenoxy) is 1. The summed E-state index contributed by atoms with van der Waals surface area (Å²) in [5.41, 5.74) is 19.2. The number of fused-ring (bicyclic) bond motifs is 4.